The molecule has 0 saturated carbocycles. The summed E-state index contributed by atoms with van der Waals surface area (Å²) in [5, 5.41) is 2.69. The van der Waals surface area contributed by atoms with Gasteiger partial charge >= 0.3 is 0 Å². The van der Waals surface area contributed by atoms with Gasteiger partial charge in [-0.2, -0.15) is 0 Å². The molecule has 0 spiro atoms. The summed E-state index contributed by atoms with van der Waals surface area (Å²) in [7, 11) is 1.63. The second-order valence-electron chi connectivity index (χ2n) is 7.53. The number of fused-ring (bicyclic) bond motifs is 3. The number of rotatable bonds is 3. The number of carbonyl (C=O) groups excluding carboxylic acids is 2. The van der Waals surface area contributed by atoms with Crippen LogP contribution in [-0.2, 0) is 0 Å². The standard InChI is InChI=1S/C26H15NO4S/c1-30-17-8-6-14(7-9-17)26-27-25-22(32-26)13-18(31-25)12-21-23(28)19-10-15-4-2-3-5-16(15)11-20(19)24(21)29/h2-13H,1H3. The number of allylic oxidation sites excluding steroid dienone is 1. The Kier molecular flexibility index (Phi) is 4.10. The Hall–Kier alpha value is -4.03. The summed E-state index contributed by atoms with van der Waals surface area (Å²) in [5.74, 6) is 0.668. The van der Waals surface area contributed by atoms with E-state index in [1.54, 1.807) is 19.2 Å². The van der Waals surface area contributed by atoms with Crippen molar-refractivity contribution in [2.24, 2.45) is 0 Å². The normalized spacial score (nSPS) is 13.2. The van der Waals surface area contributed by atoms with Crippen molar-refractivity contribution in [3.05, 3.63) is 89.2 Å². The van der Waals surface area contributed by atoms with Crippen LogP contribution in [0.5, 0.6) is 5.75 Å². The Balaban J connectivity index is 1.35. The van der Waals surface area contributed by atoms with E-state index in [-0.39, 0.29) is 17.1 Å². The number of carbonyl (C=O) groups is 2. The van der Waals surface area contributed by atoms with Crippen LogP contribution in [0.15, 0.2) is 76.7 Å². The van der Waals surface area contributed by atoms with Crippen LogP contribution in [0.1, 0.15) is 26.5 Å². The lowest BCUT2D eigenvalue weighted by Crippen LogP contribution is -1.99. The Morgan fingerprint density at radius 1 is 0.906 bits per heavy atom. The SMILES string of the molecule is COc1ccc(-c2nc3oc(C=C4C(=O)c5cc6ccccc6cc5C4=O)cc3s2)cc1. The van der Waals surface area contributed by atoms with Gasteiger partial charge in [-0.1, -0.05) is 24.3 Å². The molecule has 0 N–H and O–H groups in total. The summed E-state index contributed by atoms with van der Waals surface area (Å²) in [6, 6.07) is 20.7. The van der Waals surface area contributed by atoms with Gasteiger partial charge in [-0.25, -0.2) is 4.98 Å². The maximum absolute atomic E-state index is 12.9. The third kappa shape index (κ3) is 2.88. The van der Waals surface area contributed by atoms with Crippen molar-refractivity contribution >= 4 is 50.2 Å². The molecule has 0 amide bonds. The number of ether oxygens (including phenoxy) is 1. The first kappa shape index (κ1) is 18.7. The zero-order valence-electron chi connectivity index (χ0n) is 16.9. The summed E-state index contributed by atoms with van der Waals surface area (Å²) in [4.78, 5) is 30.5. The summed E-state index contributed by atoms with van der Waals surface area (Å²) in [5.41, 5.74) is 2.44. The van der Waals surface area contributed by atoms with Crippen molar-refractivity contribution in [2.75, 3.05) is 7.11 Å². The third-order valence-electron chi connectivity index (χ3n) is 5.60. The van der Waals surface area contributed by atoms with Gasteiger partial charge in [0, 0.05) is 22.8 Å². The zero-order valence-corrected chi connectivity index (χ0v) is 17.7. The first-order valence-corrected chi connectivity index (χ1v) is 10.8. The maximum Gasteiger partial charge on any atom is 0.238 e. The van der Waals surface area contributed by atoms with E-state index in [0.29, 0.717) is 22.6 Å². The molecule has 0 atom stereocenters. The van der Waals surface area contributed by atoms with Crippen LogP contribution in [0.25, 0.3) is 37.8 Å². The Morgan fingerprint density at radius 3 is 2.16 bits per heavy atom. The summed E-state index contributed by atoms with van der Waals surface area (Å²) < 4.78 is 11.9. The molecule has 0 unspecified atom stereocenters. The van der Waals surface area contributed by atoms with Crippen molar-refractivity contribution in [3.63, 3.8) is 0 Å². The average Bonchev–Trinajstić information content (AvgIpc) is 3.45. The molecule has 5 aromatic rings. The summed E-state index contributed by atoms with van der Waals surface area (Å²) >= 11 is 1.49. The highest BCUT2D eigenvalue weighted by atomic mass is 32.1. The topological polar surface area (TPSA) is 69.4 Å². The number of methoxy groups -OCH3 is 1. The van der Waals surface area contributed by atoms with Gasteiger partial charge < -0.3 is 9.15 Å². The van der Waals surface area contributed by atoms with Gasteiger partial charge in [0.25, 0.3) is 0 Å². The lowest BCUT2D eigenvalue weighted by molar-refractivity contribution is 0.0990. The van der Waals surface area contributed by atoms with E-state index in [4.69, 9.17) is 9.15 Å². The average molecular weight is 437 g/mol. The van der Waals surface area contributed by atoms with Gasteiger partial charge in [-0.3, -0.25) is 9.59 Å². The predicted molar refractivity (Wildman–Crippen MR) is 124 cm³/mol. The second kappa shape index (κ2) is 7.00. The minimum absolute atomic E-state index is 0.118. The molecule has 154 valence electrons. The molecule has 0 aliphatic heterocycles. The van der Waals surface area contributed by atoms with Crippen LogP contribution in [0, 0.1) is 0 Å². The lowest BCUT2D eigenvalue weighted by atomic mass is 10.0. The second-order valence-corrected chi connectivity index (χ2v) is 8.56. The minimum Gasteiger partial charge on any atom is -0.497 e. The van der Waals surface area contributed by atoms with E-state index in [2.05, 4.69) is 4.98 Å². The highest BCUT2D eigenvalue weighted by molar-refractivity contribution is 7.21. The van der Waals surface area contributed by atoms with E-state index in [1.165, 1.54) is 17.4 Å². The van der Waals surface area contributed by atoms with Crippen molar-refractivity contribution < 1.29 is 18.7 Å². The molecule has 6 heteroatoms. The third-order valence-corrected chi connectivity index (χ3v) is 6.63. The van der Waals surface area contributed by atoms with Gasteiger partial charge in [-0.05, 0) is 53.2 Å². The molecule has 5 nitrogen and oxygen atoms in total. The van der Waals surface area contributed by atoms with Crippen LogP contribution < -0.4 is 4.74 Å². The lowest BCUT2D eigenvalue weighted by Gasteiger charge is -2.00. The van der Waals surface area contributed by atoms with Crippen LogP contribution in [0.3, 0.4) is 0 Å². The Labute approximate surface area is 186 Å². The molecular weight excluding hydrogens is 422 g/mol. The molecule has 0 saturated heterocycles. The molecule has 1 aliphatic rings. The van der Waals surface area contributed by atoms with Crippen molar-refractivity contribution in [2.45, 2.75) is 0 Å². The molecule has 6 rings (SSSR count). The van der Waals surface area contributed by atoms with Crippen LogP contribution in [0.2, 0.25) is 0 Å². The summed E-state index contributed by atoms with van der Waals surface area (Å²) in [6.07, 6.45) is 1.52. The fourth-order valence-corrected chi connectivity index (χ4v) is 4.90. The van der Waals surface area contributed by atoms with E-state index in [1.807, 2.05) is 54.6 Å². The number of benzene rings is 3. The number of aromatic nitrogens is 1. The number of Topliss-reactive ketones (excluding diaryl/α,β-unsaturated/α-hetero) is 2. The monoisotopic (exact) mass is 437 g/mol. The number of hydrogen-bond donors (Lipinski definition) is 0. The molecule has 0 bridgehead atoms. The molecule has 3 aromatic carbocycles. The highest BCUT2D eigenvalue weighted by Gasteiger charge is 2.33. The van der Waals surface area contributed by atoms with E-state index >= 15 is 0 Å². The molecular formula is C26H15NO4S. The Morgan fingerprint density at radius 2 is 1.56 bits per heavy atom. The predicted octanol–water partition coefficient (Wildman–Crippen LogP) is 6.18. The van der Waals surface area contributed by atoms with Gasteiger partial charge in [0.05, 0.1) is 17.4 Å². The van der Waals surface area contributed by atoms with Gasteiger partial charge in [0.1, 0.15) is 16.5 Å². The van der Waals surface area contributed by atoms with Crippen LogP contribution >= 0.6 is 11.3 Å². The first-order valence-electron chi connectivity index (χ1n) is 9.99. The number of thiazole rings is 1. The molecule has 2 heterocycles. The number of ketones is 2. The van der Waals surface area contributed by atoms with E-state index < -0.39 is 0 Å². The van der Waals surface area contributed by atoms with Crippen LogP contribution in [0.4, 0.5) is 0 Å². The van der Waals surface area contributed by atoms with E-state index in [9.17, 15) is 9.59 Å². The molecule has 32 heavy (non-hydrogen) atoms. The number of furan rings is 1. The van der Waals surface area contributed by atoms with Gasteiger partial charge in [0.15, 0.2) is 11.6 Å². The zero-order chi connectivity index (χ0) is 21.8. The molecule has 1 aliphatic carbocycles. The smallest absolute Gasteiger partial charge is 0.238 e. The summed E-state index contributed by atoms with van der Waals surface area (Å²) in [6.45, 7) is 0. The fourth-order valence-electron chi connectivity index (χ4n) is 3.96. The maximum atomic E-state index is 12.9. The first-order chi connectivity index (χ1) is 15.6. The van der Waals surface area contributed by atoms with Gasteiger partial charge in [-0.15, -0.1) is 11.3 Å². The van der Waals surface area contributed by atoms with Crippen LogP contribution in [-0.4, -0.2) is 23.7 Å². The molecule has 0 radical (unpaired) electrons. The van der Waals surface area contributed by atoms with Crippen molar-refractivity contribution in [3.8, 4) is 16.3 Å². The minimum atomic E-state index is -0.276. The largest absolute Gasteiger partial charge is 0.497 e. The quantitative estimate of drug-likeness (QED) is 0.249. The van der Waals surface area contributed by atoms with Crippen molar-refractivity contribution in [1.29, 1.82) is 0 Å². The van der Waals surface area contributed by atoms with Gasteiger partial charge in [0.2, 0.25) is 5.71 Å². The molecule has 0 fully saturated rings. The molecule has 2 aromatic heterocycles. The number of nitrogens with zero attached hydrogens (tertiary/aromatic N) is 1. The highest BCUT2D eigenvalue weighted by Crippen LogP contribution is 2.35. The van der Waals surface area contributed by atoms with E-state index in [0.717, 1.165) is 31.8 Å². The number of hydrogen-bond acceptors (Lipinski definition) is 6. The fraction of sp³-hybridized carbons (Fsp3) is 0.0385. The Bertz CT molecular complexity index is 1500. The van der Waals surface area contributed by atoms with Crippen molar-refractivity contribution in [1.82, 2.24) is 4.98 Å².